The van der Waals surface area contributed by atoms with Gasteiger partial charge in [-0.3, -0.25) is 4.90 Å². The van der Waals surface area contributed by atoms with Crippen molar-refractivity contribution in [2.75, 3.05) is 13.1 Å². The number of hydrogen-bond acceptors (Lipinski definition) is 3. The summed E-state index contributed by atoms with van der Waals surface area (Å²) in [6.07, 6.45) is 6.78. The maximum absolute atomic E-state index is 6.15. The molecule has 0 amide bonds. The molecule has 0 spiro atoms. The van der Waals surface area contributed by atoms with Crippen LogP contribution in [0.2, 0.25) is 0 Å². The summed E-state index contributed by atoms with van der Waals surface area (Å²) in [5, 5.41) is 0. The lowest BCUT2D eigenvalue weighted by Gasteiger charge is -2.36. The maximum Gasteiger partial charge on any atom is 0.0566 e. The lowest BCUT2D eigenvalue weighted by Crippen LogP contribution is -2.41. The van der Waals surface area contributed by atoms with E-state index in [0.29, 0.717) is 6.04 Å². The highest BCUT2D eigenvalue weighted by atomic mass is 32.1. The normalized spacial score (nSPS) is 18.3. The highest BCUT2D eigenvalue weighted by Crippen LogP contribution is 2.34. The van der Waals surface area contributed by atoms with Crippen LogP contribution in [0.25, 0.3) is 0 Å². The van der Waals surface area contributed by atoms with Gasteiger partial charge in [-0.15, -0.1) is 11.3 Å². The van der Waals surface area contributed by atoms with Crippen LogP contribution in [0.15, 0.2) is 12.1 Å². The van der Waals surface area contributed by atoms with Crippen LogP contribution < -0.4 is 5.73 Å². The fourth-order valence-electron chi connectivity index (χ4n) is 3.28. The van der Waals surface area contributed by atoms with Gasteiger partial charge in [-0.1, -0.05) is 26.7 Å². The van der Waals surface area contributed by atoms with Crippen molar-refractivity contribution in [2.45, 2.75) is 65.0 Å². The van der Waals surface area contributed by atoms with E-state index in [1.165, 1.54) is 48.4 Å². The Bertz CT molecular complexity index is 393. The number of thiophene rings is 1. The molecule has 0 radical (unpaired) electrons. The first-order valence-corrected chi connectivity index (χ1v) is 8.95. The summed E-state index contributed by atoms with van der Waals surface area (Å²) in [5.74, 6) is 0.766. The predicted octanol–water partition coefficient (Wildman–Crippen LogP) is 4.35. The minimum atomic E-state index is 0.426. The van der Waals surface area contributed by atoms with E-state index in [-0.39, 0.29) is 0 Å². The molecule has 1 unspecified atom stereocenters. The van der Waals surface area contributed by atoms with Crippen LogP contribution >= 0.6 is 11.3 Å². The van der Waals surface area contributed by atoms with Crippen molar-refractivity contribution >= 4 is 11.3 Å². The molecule has 1 aromatic rings. The summed E-state index contributed by atoms with van der Waals surface area (Å²) in [6.45, 7) is 8.77. The van der Waals surface area contributed by atoms with Crippen LogP contribution in [0.1, 0.15) is 61.7 Å². The summed E-state index contributed by atoms with van der Waals surface area (Å²) >= 11 is 1.92. The molecule has 20 heavy (non-hydrogen) atoms. The second-order valence-corrected chi connectivity index (χ2v) is 7.88. The lowest BCUT2D eigenvalue weighted by molar-refractivity contribution is 0.133. The first kappa shape index (κ1) is 16.0. The minimum Gasteiger partial charge on any atom is -0.329 e. The molecule has 1 aromatic heterocycles. The molecule has 1 fully saturated rings. The van der Waals surface area contributed by atoms with E-state index >= 15 is 0 Å². The van der Waals surface area contributed by atoms with E-state index in [2.05, 4.69) is 37.8 Å². The van der Waals surface area contributed by atoms with Crippen molar-refractivity contribution in [1.82, 2.24) is 4.90 Å². The van der Waals surface area contributed by atoms with Crippen molar-refractivity contribution in [3.8, 4) is 0 Å². The quantitative estimate of drug-likeness (QED) is 0.810. The van der Waals surface area contributed by atoms with Gasteiger partial charge in [0, 0.05) is 22.3 Å². The highest BCUT2D eigenvalue weighted by Gasteiger charge is 2.29. The molecule has 0 aromatic carbocycles. The Morgan fingerprint density at radius 2 is 2.00 bits per heavy atom. The van der Waals surface area contributed by atoms with Crippen molar-refractivity contribution in [3.05, 3.63) is 21.9 Å². The second kappa shape index (κ2) is 7.58. The molecule has 2 rings (SSSR count). The van der Waals surface area contributed by atoms with Crippen molar-refractivity contribution in [2.24, 2.45) is 11.7 Å². The van der Waals surface area contributed by atoms with Gasteiger partial charge in [0.15, 0.2) is 0 Å². The van der Waals surface area contributed by atoms with Crippen LogP contribution in [0.3, 0.4) is 0 Å². The van der Waals surface area contributed by atoms with Gasteiger partial charge >= 0.3 is 0 Å². The average molecular weight is 295 g/mol. The van der Waals surface area contributed by atoms with Crippen LogP contribution in [0.4, 0.5) is 0 Å². The van der Waals surface area contributed by atoms with Crippen molar-refractivity contribution in [3.63, 3.8) is 0 Å². The van der Waals surface area contributed by atoms with Gasteiger partial charge in [0.25, 0.3) is 0 Å². The largest absolute Gasteiger partial charge is 0.329 e. The molecule has 3 heteroatoms. The molecule has 1 aliphatic rings. The van der Waals surface area contributed by atoms with Crippen molar-refractivity contribution in [1.29, 1.82) is 0 Å². The highest BCUT2D eigenvalue weighted by molar-refractivity contribution is 7.12. The predicted molar refractivity (Wildman–Crippen MR) is 89.3 cm³/mol. The fourth-order valence-corrected chi connectivity index (χ4v) is 4.30. The third-order valence-electron chi connectivity index (χ3n) is 4.47. The summed E-state index contributed by atoms with van der Waals surface area (Å²) in [5.41, 5.74) is 6.15. The number of nitrogens with two attached hydrogens (primary N) is 1. The number of rotatable bonds is 7. The number of aryl methyl sites for hydroxylation is 1. The Labute approximate surface area is 128 Å². The SMILES string of the molecule is Cc1ccc(C(CN)N(CCC(C)C)C2CCCC2)s1. The summed E-state index contributed by atoms with van der Waals surface area (Å²) in [6, 6.07) is 5.70. The third-order valence-corrected chi connectivity index (χ3v) is 5.57. The monoisotopic (exact) mass is 294 g/mol. The Morgan fingerprint density at radius 3 is 2.50 bits per heavy atom. The van der Waals surface area contributed by atoms with E-state index in [1.54, 1.807) is 0 Å². The minimum absolute atomic E-state index is 0.426. The Hall–Kier alpha value is -0.380. The summed E-state index contributed by atoms with van der Waals surface area (Å²) in [4.78, 5) is 5.58. The van der Waals surface area contributed by atoms with Gasteiger partial charge in [0.05, 0.1) is 6.04 Å². The fraction of sp³-hybridized carbons (Fsp3) is 0.765. The molecule has 1 heterocycles. The first-order chi connectivity index (χ1) is 9.61. The van der Waals surface area contributed by atoms with E-state index in [4.69, 9.17) is 5.73 Å². The molecule has 0 bridgehead atoms. The van der Waals surface area contributed by atoms with E-state index in [1.807, 2.05) is 11.3 Å². The lowest BCUT2D eigenvalue weighted by atomic mass is 10.1. The van der Waals surface area contributed by atoms with Crippen LogP contribution in [-0.4, -0.2) is 24.0 Å². The van der Waals surface area contributed by atoms with Gasteiger partial charge < -0.3 is 5.73 Å². The smallest absolute Gasteiger partial charge is 0.0566 e. The van der Waals surface area contributed by atoms with E-state index in [9.17, 15) is 0 Å². The molecular formula is C17H30N2S. The van der Waals surface area contributed by atoms with Crippen LogP contribution in [-0.2, 0) is 0 Å². The molecule has 2 nitrogen and oxygen atoms in total. The van der Waals surface area contributed by atoms with Gasteiger partial charge in [0.1, 0.15) is 0 Å². The van der Waals surface area contributed by atoms with Crippen LogP contribution in [0, 0.1) is 12.8 Å². The first-order valence-electron chi connectivity index (χ1n) is 8.14. The van der Waals surface area contributed by atoms with E-state index < -0.39 is 0 Å². The van der Waals surface area contributed by atoms with Crippen molar-refractivity contribution < 1.29 is 0 Å². The van der Waals surface area contributed by atoms with Gasteiger partial charge in [-0.05, 0) is 50.8 Å². The zero-order valence-electron chi connectivity index (χ0n) is 13.3. The topological polar surface area (TPSA) is 29.3 Å². The van der Waals surface area contributed by atoms with Gasteiger partial charge in [-0.2, -0.15) is 0 Å². The van der Waals surface area contributed by atoms with Gasteiger partial charge in [-0.25, -0.2) is 0 Å². The zero-order valence-corrected chi connectivity index (χ0v) is 14.1. The summed E-state index contributed by atoms with van der Waals surface area (Å²) in [7, 11) is 0. The average Bonchev–Trinajstić information content (AvgIpc) is 3.05. The molecule has 0 aliphatic heterocycles. The maximum atomic E-state index is 6.15. The van der Waals surface area contributed by atoms with E-state index in [0.717, 1.165) is 18.5 Å². The molecule has 1 saturated carbocycles. The molecule has 114 valence electrons. The van der Waals surface area contributed by atoms with Crippen LogP contribution in [0.5, 0.6) is 0 Å². The second-order valence-electron chi connectivity index (χ2n) is 6.56. The number of hydrogen-bond donors (Lipinski definition) is 1. The Morgan fingerprint density at radius 1 is 1.30 bits per heavy atom. The standard InChI is InChI=1S/C17H30N2S/c1-13(2)10-11-19(15-6-4-5-7-15)16(12-18)17-9-8-14(3)20-17/h8-9,13,15-16H,4-7,10-12,18H2,1-3H3. The Balaban J connectivity index is 2.13. The molecular weight excluding hydrogens is 264 g/mol. The third kappa shape index (κ3) is 4.06. The molecule has 2 N–H and O–H groups in total. The molecule has 1 aliphatic carbocycles. The van der Waals surface area contributed by atoms with Gasteiger partial charge in [0.2, 0.25) is 0 Å². The summed E-state index contributed by atoms with van der Waals surface area (Å²) < 4.78 is 0. The Kier molecular flexibility index (Phi) is 6.06. The molecule has 0 saturated heterocycles. The number of nitrogens with zero attached hydrogens (tertiary/aromatic N) is 1. The molecule has 1 atom stereocenters. The zero-order chi connectivity index (χ0) is 14.5.